The van der Waals surface area contributed by atoms with Crippen molar-refractivity contribution in [3.8, 4) is 17.0 Å². The lowest BCUT2D eigenvalue weighted by Gasteiger charge is -2.36. The molecule has 0 aliphatic carbocycles. The first-order valence-corrected chi connectivity index (χ1v) is 14.4. The summed E-state index contributed by atoms with van der Waals surface area (Å²) in [5.74, 6) is 0.173. The van der Waals surface area contributed by atoms with Crippen molar-refractivity contribution in [1.29, 1.82) is 0 Å². The Balaban J connectivity index is 1.58. The highest BCUT2D eigenvalue weighted by Gasteiger charge is 2.38. The molecule has 1 saturated heterocycles. The number of aromatic nitrogens is 1. The molecule has 0 spiro atoms. The molecule has 3 heterocycles. The van der Waals surface area contributed by atoms with E-state index in [2.05, 4.69) is 23.9 Å². The smallest absolute Gasteiger partial charge is 0.416 e. The maximum Gasteiger partial charge on any atom is 0.416 e. The largest absolute Gasteiger partial charge is 0.477 e. The molecule has 44 heavy (non-hydrogen) atoms. The number of anilines is 1. The average molecular weight is 621 g/mol. The minimum absolute atomic E-state index is 0.0723. The minimum atomic E-state index is -4.99. The Morgan fingerprint density at radius 1 is 0.909 bits per heavy atom. The van der Waals surface area contributed by atoms with Gasteiger partial charge in [0.25, 0.3) is 5.91 Å². The summed E-state index contributed by atoms with van der Waals surface area (Å²) in [5.41, 5.74) is -0.789. The first-order chi connectivity index (χ1) is 20.7. The van der Waals surface area contributed by atoms with Gasteiger partial charge in [0.15, 0.2) is 0 Å². The summed E-state index contributed by atoms with van der Waals surface area (Å²) in [6.45, 7) is 3.19. The van der Waals surface area contributed by atoms with Gasteiger partial charge in [-0.25, -0.2) is 0 Å². The molecule has 1 aromatic heterocycles. The minimum Gasteiger partial charge on any atom is -0.477 e. The van der Waals surface area contributed by atoms with Gasteiger partial charge in [-0.1, -0.05) is 24.3 Å². The maximum atomic E-state index is 14.2. The number of nitrogens with zero attached hydrogens (tertiary/aromatic N) is 4. The molecule has 2 aromatic carbocycles. The van der Waals surface area contributed by atoms with Crippen LogP contribution >= 0.6 is 0 Å². The van der Waals surface area contributed by atoms with Gasteiger partial charge in [0, 0.05) is 37.8 Å². The quantitative estimate of drug-likeness (QED) is 0.286. The number of alkyl halides is 6. The fourth-order valence-corrected chi connectivity index (χ4v) is 5.85. The van der Waals surface area contributed by atoms with Crippen LogP contribution in [0.5, 0.6) is 5.88 Å². The van der Waals surface area contributed by atoms with E-state index in [4.69, 9.17) is 9.72 Å². The highest BCUT2D eigenvalue weighted by molar-refractivity contribution is 6.04. The van der Waals surface area contributed by atoms with Gasteiger partial charge in [-0.15, -0.1) is 0 Å². The van der Waals surface area contributed by atoms with E-state index in [1.165, 1.54) is 4.90 Å². The van der Waals surface area contributed by atoms with Crippen molar-refractivity contribution in [2.75, 3.05) is 45.2 Å². The molecule has 1 amide bonds. The van der Waals surface area contributed by atoms with E-state index in [9.17, 15) is 31.1 Å². The van der Waals surface area contributed by atoms with Crippen molar-refractivity contribution in [2.45, 2.75) is 51.1 Å². The molecule has 0 atom stereocenters. The summed E-state index contributed by atoms with van der Waals surface area (Å²) in [6, 6.07) is 11.2. The zero-order valence-electron chi connectivity index (χ0n) is 24.7. The van der Waals surface area contributed by atoms with E-state index in [0.29, 0.717) is 36.0 Å². The van der Waals surface area contributed by atoms with Crippen molar-refractivity contribution < 1.29 is 35.9 Å². The number of carbonyl (C=O) groups excluding carboxylic acids is 1. The molecular formula is C32H34F6N4O2. The average Bonchev–Trinajstić information content (AvgIpc) is 2.96. The van der Waals surface area contributed by atoms with Crippen LogP contribution in [0.3, 0.4) is 0 Å². The summed E-state index contributed by atoms with van der Waals surface area (Å²) in [5, 5.41) is 0. The third-order valence-electron chi connectivity index (χ3n) is 8.26. The lowest BCUT2D eigenvalue weighted by molar-refractivity contribution is -0.143. The first kappa shape index (κ1) is 31.6. The Labute approximate surface area is 252 Å². The van der Waals surface area contributed by atoms with Crippen molar-refractivity contribution in [3.05, 3.63) is 76.3 Å². The van der Waals surface area contributed by atoms with E-state index >= 15 is 0 Å². The molecule has 5 rings (SSSR count). The number of benzene rings is 2. The molecule has 2 aliphatic heterocycles. The van der Waals surface area contributed by atoms with Crippen LogP contribution in [0.25, 0.3) is 11.1 Å². The van der Waals surface area contributed by atoms with Gasteiger partial charge >= 0.3 is 12.4 Å². The first-order valence-electron chi connectivity index (χ1n) is 14.4. The molecule has 0 N–H and O–H groups in total. The van der Waals surface area contributed by atoms with Crippen LogP contribution < -0.4 is 9.64 Å². The summed E-state index contributed by atoms with van der Waals surface area (Å²) in [7, 11) is 4.10. The van der Waals surface area contributed by atoms with Crippen LogP contribution in [0, 0.1) is 6.92 Å². The van der Waals surface area contributed by atoms with Crippen molar-refractivity contribution in [2.24, 2.45) is 0 Å². The predicted octanol–water partition coefficient (Wildman–Crippen LogP) is 7.05. The molecule has 2 aliphatic rings. The summed E-state index contributed by atoms with van der Waals surface area (Å²) in [6.07, 6.45) is -7.81. The second-order valence-corrected chi connectivity index (χ2v) is 11.5. The predicted molar refractivity (Wildman–Crippen MR) is 155 cm³/mol. The number of amides is 1. The van der Waals surface area contributed by atoms with Crippen LogP contribution in [0.1, 0.15) is 51.9 Å². The molecule has 0 bridgehead atoms. The SMILES string of the molecule is Cc1ccccc1-c1cc(N2CCC(N(C)C)CC2)nc2c1C(=O)N(Cc1cc(C(F)(F)F)cc(C(F)(F)F)c1)CCCO2. The van der Waals surface area contributed by atoms with Crippen LogP contribution in [-0.4, -0.2) is 67.1 Å². The number of pyridine rings is 1. The van der Waals surface area contributed by atoms with Crippen LogP contribution in [0.2, 0.25) is 0 Å². The molecule has 236 valence electrons. The number of aryl methyl sites for hydroxylation is 1. The van der Waals surface area contributed by atoms with Crippen LogP contribution in [0.15, 0.2) is 48.5 Å². The lowest BCUT2D eigenvalue weighted by Crippen LogP contribution is -2.42. The Bertz CT molecular complexity index is 1480. The van der Waals surface area contributed by atoms with Gasteiger partial charge in [-0.05, 0) is 81.2 Å². The lowest BCUT2D eigenvalue weighted by atomic mass is 9.95. The standard InChI is InChI=1S/C32H34F6N4O2/c1-20-7-4-5-8-25(20)26-18-27(41-12-9-24(10-13-41)40(2)3)39-29-28(26)30(43)42(11-6-14-44-29)19-21-15-22(31(33,34)35)17-23(16-21)32(36,37)38/h4-5,7-8,15-18,24H,6,9-14,19H2,1-3H3. The zero-order chi connectivity index (χ0) is 31.8. The normalized spacial score (nSPS) is 16.9. The Morgan fingerprint density at radius 3 is 2.14 bits per heavy atom. The van der Waals surface area contributed by atoms with Crippen molar-refractivity contribution in [3.63, 3.8) is 0 Å². The second kappa shape index (κ2) is 12.3. The zero-order valence-corrected chi connectivity index (χ0v) is 24.7. The van der Waals surface area contributed by atoms with E-state index in [0.717, 1.165) is 37.1 Å². The molecule has 12 heteroatoms. The monoisotopic (exact) mass is 620 g/mol. The summed E-state index contributed by atoms with van der Waals surface area (Å²) >= 11 is 0. The number of carbonyl (C=O) groups is 1. The third-order valence-corrected chi connectivity index (χ3v) is 8.26. The van der Waals surface area contributed by atoms with Gasteiger partial charge in [0.1, 0.15) is 11.4 Å². The van der Waals surface area contributed by atoms with Gasteiger partial charge in [-0.2, -0.15) is 31.3 Å². The second-order valence-electron chi connectivity index (χ2n) is 11.5. The van der Waals surface area contributed by atoms with Gasteiger partial charge < -0.3 is 19.4 Å². The number of halogens is 6. The van der Waals surface area contributed by atoms with Crippen molar-refractivity contribution >= 4 is 11.7 Å². The highest BCUT2D eigenvalue weighted by atomic mass is 19.4. The fraction of sp³-hybridized carbons (Fsp3) is 0.438. The van der Waals surface area contributed by atoms with Crippen LogP contribution in [-0.2, 0) is 18.9 Å². The number of fused-ring (bicyclic) bond motifs is 1. The fourth-order valence-electron chi connectivity index (χ4n) is 5.85. The number of rotatable bonds is 5. The van der Waals surface area contributed by atoms with Gasteiger partial charge in [0.2, 0.25) is 5.88 Å². The molecule has 0 unspecified atom stereocenters. The molecule has 6 nitrogen and oxygen atoms in total. The Kier molecular flexibility index (Phi) is 8.84. The number of ether oxygens (including phenoxy) is 1. The molecule has 1 fully saturated rings. The van der Waals surface area contributed by atoms with E-state index in [1.54, 1.807) is 0 Å². The summed E-state index contributed by atoms with van der Waals surface area (Å²) < 4.78 is 87.4. The molecular weight excluding hydrogens is 586 g/mol. The van der Waals surface area contributed by atoms with E-state index in [1.807, 2.05) is 37.3 Å². The third kappa shape index (κ3) is 6.80. The van der Waals surface area contributed by atoms with Gasteiger partial charge in [0.05, 0.1) is 17.7 Å². The number of hydrogen-bond acceptors (Lipinski definition) is 5. The Hall–Kier alpha value is -3.80. The number of piperidine rings is 1. The van der Waals surface area contributed by atoms with Gasteiger partial charge in [-0.3, -0.25) is 4.79 Å². The summed E-state index contributed by atoms with van der Waals surface area (Å²) in [4.78, 5) is 24.6. The topological polar surface area (TPSA) is 48.9 Å². The van der Waals surface area contributed by atoms with E-state index < -0.39 is 35.9 Å². The molecule has 0 radical (unpaired) electrons. The maximum absolute atomic E-state index is 14.2. The molecule has 0 saturated carbocycles. The molecule has 3 aromatic rings. The van der Waals surface area contributed by atoms with Crippen molar-refractivity contribution in [1.82, 2.24) is 14.8 Å². The van der Waals surface area contributed by atoms with Crippen LogP contribution in [0.4, 0.5) is 32.2 Å². The highest BCUT2D eigenvalue weighted by Crippen LogP contribution is 2.39. The number of hydrogen-bond donors (Lipinski definition) is 0. The Morgan fingerprint density at radius 2 is 1.55 bits per heavy atom. The van der Waals surface area contributed by atoms with E-state index in [-0.39, 0.29) is 36.2 Å².